The normalized spacial score (nSPS) is 12.4. The van der Waals surface area contributed by atoms with E-state index in [-0.39, 0.29) is 17.6 Å². The molecule has 1 nitrogen and oxygen atoms in total. The number of aryl methyl sites for hydroxylation is 2. The summed E-state index contributed by atoms with van der Waals surface area (Å²) < 4.78 is 0. The van der Waals surface area contributed by atoms with Crippen LogP contribution in [0, 0.1) is 19.8 Å². The van der Waals surface area contributed by atoms with Crippen LogP contribution in [-0.2, 0) is 4.79 Å². The minimum atomic E-state index is -0.156. The van der Waals surface area contributed by atoms with Crippen molar-refractivity contribution < 1.29 is 4.79 Å². The predicted molar refractivity (Wildman–Crippen MR) is 84.0 cm³/mol. The molecule has 2 rings (SSSR count). The second kappa shape index (κ2) is 6.04. The molecule has 0 bridgehead atoms. The first-order valence-corrected chi connectivity index (χ1v) is 7.16. The molecular weight excluding hydrogens is 244 g/mol. The van der Waals surface area contributed by atoms with Gasteiger partial charge in [0.05, 0.1) is 5.92 Å². The van der Waals surface area contributed by atoms with E-state index in [0.29, 0.717) is 0 Å². The summed E-state index contributed by atoms with van der Waals surface area (Å²) in [6.45, 7) is 8.12. The molecule has 0 heterocycles. The van der Waals surface area contributed by atoms with E-state index in [0.717, 1.165) is 11.1 Å². The summed E-state index contributed by atoms with van der Waals surface area (Å²) in [7, 11) is 0. The summed E-state index contributed by atoms with van der Waals surface area (Å²) in [6, 6.07) is 16.4. The number of carbonyl (C=O) groups is 1. The Hall–Kier alpha value is -1.89. The van der Waals surface area contributed by atoms with E-state index in [1.807, 2.05) is 44.2 Å². The van der Waals surface area contributed by atoms with Gasteiger partial charge in [-0.15, -0.1) is 0 Å². The van der Waals surface area contributed by atoms with E-state index in [4.69, 9.17) is 0 Å². The lowest BCUT2D eigenvalue weighted by atomic mass is 9.81. The minimum Gasteiger partial charge on any atom is -0.298 e. The lowest BCUT2D eigenvalue weighted by Gasteiger charge is -2.21. The highest BCUT2D eigenvalue weighted by molar-refractivity contribution is 5.90. The van der Waals surface area contributed by atoms with Gasteiger partial charge in [0.25, 0.3) is 0 Å². The van der Waals surface area contributed by atoms with Crippen LogP contribution in [0.15, 0.2) is 48.5 Å². The maximum absolute atomic E-state index is 12.7. The first kappa shape index (κ1) is 14.5. The fraction of sp³-hybridized carbons (Fsp3) is 0.316. The monoisotopic (exact) mass is 266 g/mol. The lowest BCUT2D eigenvalue weighted by molar-refractivity contribution is -0.122. The highest BCUT2D eigenvalue weighted by atomic mass is 16.1. The van der Waals surface area contributed by atoms with Crippen molar-refractivity contribution in [3.05, 3.63) is 70.8 Å². The fourth-order valence-electron chi connectivity index (χ4n) is 2.63. The maximum atomic E-state index is 12.7. The van der Waals surface area contributed by atoms with Crippen LogP contribution in [-0.4, -0.2) is 5.78 Å². The smallest absolute Gasteiger partial charge is 0.147 e. The van der Waals surface area contributed by atoms with E-state index in [9.17, 15) is 4.79 Å². The van der Waals surface area contributed by atoms with Crippen molar-refractivity contribution in [1.29, 1.82) is 0 Å². The molecule has 2 aromatic carbocycles. The van der Waals surface area contributed by atoms with Crippen LogP contribution in [0.1, 0.15) is 42.0 Å². The van der Waals surface area contributed by atoms with E-state index < -0.39 is 0 Å². The van der Waals surface area contributed by atoms with Gasteiger partial charge in [-0.2, -0.15) is 0 Å². The largest absolute Gasteiger partial charge is 0.298 e. The van der Waals surface area contributed by atoms with Crippen molar-refractivity contribution in [2.75, 3.05) is 0 Å². The summed E-state index contributed by atoms with van der Waals surface area (Å²) in [5.74, 6) is 0.154. The van der Waals surface area contributed by atoms with Crippen LogP contribution in [0.4, 0.5) is 0 Å². The number of hydrogen-bond acceptors (Lipinski definition) is 1. The van der Waals surface area contributed by atoms with Gasteiger partial charge < -0.3 is 0 Å². The molecule has 20 heavy (non-hydrogen) atoms. The molecule has 0 N–H and O–H groups in total. The first-order valence-electron chi connectivity index (χ1n) is 7.16. The van der Waals surface area contributed by atoms with Crippen molar-refractivity contribution >= 4 is 5.78 Å². The Morgan fingerprint density at radius 3 is 2.15 bits per heavy atom. The second-order valence-electron chi connectivity index (χ2n) is 5.76. The third-order valence-corrected chi connectivity index (χ3v) is 3.72. The topological polar surface area (TPSA) is 17.1 Å². The predicted octanol–water partition coefficient (Wildman–Crippen LogP) is 4.66. The van der Waals surface area contributed by atoms with Crippen molar-refractivity contribution in [3.63, 3.8) is 0 Å². The number of hydrogen-bond donors (Lipinski definition) is 0. The van der Waals surface area contributed by atoms with E-state index in [1.54, 1.807) is 0 Å². The molecule has 0 aliphatic carbocycles. The van der Waals surface area contributed by atoms with E-state index in [1.165, 1.54) is 11.1 Å². The van der Waals surface area contributed by atoms with Gasteiger partial charge in [0.2, 0.25) is 0 Å². The second-order valence-corrected chi connectivity index (χ2v) is 5.76. The molecule has 1 atom stereocenters. The molecule has 0 aliphatic rings. The van der Waals surface area contributed by atoms with Crippen LogP contribution in [0.3, 0.4) is 0 Å². The van der Waals surface area contributed by atoms with Gasteiger partial charge in [-0.3, -0.25) is 4.79 Å². The molecule has 0 aromatic heterocycles. The molecule has 1 heteroatoms. The molecule has 0 saturated heterocycles. The Kier molecular flexibility index (Phi) is 4.39. The summed E-state index contributed by atoms with van der Waals surface area (Å²) >= 11 is 0. The molecule has 0 fully saturated rings. The molecule has 2 aromatic rings. The Labute approximate surface area is 121 Å². The van der Waals surface area contributed by atoms with Crippen LogP contribution in [0.25, 0.3) is 0 Å². The van der Waals surface area contributed by atoms with Crippen molar-refractivity contribution in [3.8, 4) is 0 Å². The number of benzene rings is 2. The zero-order valence-electron chi connectivity index (χ0n) is 12.7. The van der Waals surface area contributed by atoms with Crippen molar-refractivity contribution in [2.24, 2.45) is 5.92 Å². The van der Waals surface area contributed by atoms with Gasteiger partial charge in [0, 0.05) is 5.92 Å². The zero-order chi connectivity index (χ0) is 14.7. The third kappa shape index (κ3) is 2.98. The lowest BCUT2D eigenvalue weighted by Crippen LogP contribution is -2.20. The fourth-order valence-corrected chi connectivity index (χ4v) is 2.63. The Balaban J connectivity index is 2.55. The van der Waals surface area contributed by atoms with Gasteiger partial charge in [-0.25, -0.2) is 0 Å². The van der Waals surface area contributed by atoms with Gasteiger partial charge in [-0.05, 0) is 30.5 Å². The van der Waals surface area contributed by atoms with E-state index >= 15 is 0 Å². The average molecular weight is 266 g/mol. The van der Waals surface area contributed by atoms with Crippen LogP contribution in [0.5, 0.6) is 0 Å². The number of Topliss-reactive ketones (excluding diaryl/α,β-unsaturated/α-hetero) is 1. The van der Waals surface area contributed by atoms with Crippen molar-refractivity contribution in [1.82, 2.24) is 0 Å². The van der Waals surface area contributed by atoms with Gasteiger partial charge in [0.15, 0.2) is 0 Å². The minimum absolute atomic E-state index is 0.0286. The molecule has 0 radical (unpaired) electrons. The zero-order valence-corrected chi connectivity index (χ0v) is 12.7. The quantitative estimate of drug-likeness (QED) is 0.786. The van der Waals surface area contributed by atoms with Crippen LogP contribution < -0.4 is 0 Å². The highest BCUT2D eigenvalue weighted by Gasteiger charge is 2.25. The number of rotatable bonds is 4. The van der Waals surface area contributed by atoms with Crippen molar-refractivity contribution in [2.45, 2.75) is 33.6 Å². The number of ketones is 1. The molecule has 1 unspecified atom stereocenters. The summed E-state index contributed by atoms with van der Waals surface area (Å²) in [4.78, 5) is 12.7. The summed E-state index contributed by atoms with van der Waals surface area (Å²) in [6.07, 6.45) is 0. The summed E-state index contributed by atoms with van der Waals surface area (Å²) in [5.41, 5.74) is 4.63. The third-order valence-electron chi connectivity index (χ3n) is 3.72. The number of carbonyl (C=O) groups excluding carboxylic acids is 1. The molecule has 0 amide bonds. The molecule has 104 valence electrons. The van der Waals surface area contributed by atoms with Gasteiger partial charge >= 0.3 is 0 Å². The molecule has 0 aliphatic heterocycles. The van der Waals surface area contributed by atoms with Crippen LogP contribution in [0.2, 0.25) is 0 Å². The first-order chi connectivity index (χ1) is 9.50. The molecular formula is C19H22O. The van der Waals surface area contributed by atoms with Crippen LogP contribution >= 0.6 is 0 Å². The average Bonchev–Trinajstić information content (AvgIpc) is 2.42. The maximum Gasteiger partial charge on any atom is 0.147 e. The van der Waals surface area contributed by atoms with E-state index in [2.05, 4.69) is 32.0 Å². The standard InChI is InChI=1S/C19H22O/c1-13(2)19(20)18(16-8-6-5-7-9-16)17-11-10-14(3)12-15(17)4/h5-13,18H,1-4H3. The highest BCUT2D eigenvalue weighted by Crippen LogP contribution is 2.30. The van der Waals surface area contributed by atoms with Gasteiger partial charge in [0.1, 0.15) is 5.78 Å². The Bertz CT molecular complexity index is 596. The Morgan fingerprint density at radius 1 is 0.950 bits per heavy atom. The SMILES string of the molecule is Cc1ccc(C(C(=O)C(C)C)c2ccccc2)c(C)c1. The Morgan fingerprint density at radius 2 is 1.60 bits per heavy atom. The molecule has 0 saturated carbocycles. The van der Waals surface area contributed by atoms with Gasteiger partial charge in [-0.1, -0.05) is 67.9 Å². The summed E-state index contributed by atoms with van der Waals surface area (Å²) in [5, 5.41) is 0. The molecule has 0 spiro atoms.